The Balaban J connectivity index is 3.09. The molecule has 8 heteroatoms. The van der Waals surface area contributed by atoms with Crippen molar-refractivity contribution in [1.29, 1.82) is 5.26 Å². The molecule has 1 unspecified atom stereocenters. The molecule has 0 radical (unpaired) electrons. The van der Waals surface area contributed by atoms with Crippen LogP contribution in [0.1, 0.15) is 12.5 Å². The Labute approximate surface area is 119 Å². The van der Waals surface area contributed by atoms with Crippen LogP contribution in [0, 0.1) is 11.3 Å². The fourth-order valence-corrected chi connectivity index (χ4v) is 2.60. The predicted molar refractivity (Wildman–Crippen MR) is 72.9 cm³/mol. The predicted octanol–water partition coefficient (Wildman–Crippen LogP) is 1.62. The third-order valence-corrected chi connectivity index (χ3v) is 4.47. The number of sulfonamides is 1. The Kier molecular flexibility index (Phi) is 4.91. The van der Waals surface area contributed by atoms with Crippen LogP contribution in [-0.4, -0.2) is 26.7 Å². The minimum absolute atomic E-state index is 0.112. The van der Waals surface area contributed by atoms with Gasteiger partial charge in [-0.15, -0.1) is 0 Å². The molecular weight excluding hydrogens is 336 g/mol. The van der Waals surface area contributed by atoms with Crippen LogP contribution in [0.3, 0.4) is 0 Å². The number of hydrogen-bond acceptors (Lipinski definition) is 5. The largest absolute Gasteiger partial charge is 0.468 e. The number of anilines is 1. The standard InChI is InChI=1S/C11H11BrN2O4S/c1-7(11(15)18-2)19(16,17)14-10-4-3-9(12)5-8(10)6-13/h3-5,7,14H,1-2H3. The average Bonchev–Trinajstić information content (AvgIpc) is 2.38. The maximum atomic E-state index is 11.9. The van der Waals surface area contributed by atoms with Gasteiger partial charge in [-0.05, 0) is 25.1 Å². The van der Waals surface area contributed by atoms with Crippen molar-refractivity contribution in [1.82, 2.24) is 0 Å². The monoisotopic (exact) mass is 346 g/mol. The van der Waals surface area contributed by atoms with Crippen molar-refractivity contribution >= 4 is 37.6 Å². The normalized spacial score (nSPS) is 12.3. The SMILES string of the molecule is COC(=O)C(C)S(=O)(=O)Nc1ccc(Br)cc1C#N. The Hall–Kier alpha value is -1.59. The molecule has 1 aromatic carbocycles. The lowest BCUT2D eigenvalue weighted by atomic mass is 10.2. The second-order valence-electron chi connectivity index (χ2n) is 3.61. The number of nitrogens with zero attached hydrogens (tertiary/aromatic N) is 1. The fourth-order valence-electron chi connectivity index (χ4n) is 1.23. The lowest BCUT2D eigenvalue weighted by Gasteiger charge is -2.13. The van der Waals surface area contributed by atoms with Crippen LogP contribution >= 0.6 is 15.9 Å². The van der Waals surface area contributed by atoms with Crippen molar-refractivity contribution in [3.05, 3.63) is 28.2 Å². The van der Waals surface area contributed by atoms with Crippen LogP contribution in [0.5, 0.6) is 0 Å². The zero-order valence-electron chi connectivity index (χ0n) is 10.2. The number of carbonyl (C=O) groups excluding carboxylic acids is 1. The molecule has 102 valence electrons. The van der Waals surface area contributed by atoms with Crippen LogP contribution in [-0.2, 0) is 19.6 Å². The molecular formula is C11H11BrN2O4S. The summed E-state index contributed by atoms with van der Waals surface area (Å²) in [5.41, 5.74) is 0.261. The van der Waals surface area contributed by atoms with Gasteiger partial charge in [-0.3, -0.25) is 9.52 Å². The van der Waals surface area contributed by atoms with Crippen LogP contribution in [0.15, 0.2) is 22.7 Å². The van der Waals surface area contributed by atoms with Crippen LogP contribution in [0.2, 0.25) is 0 Å². The van der Waals surface area contributed by atoms with Crippen LogP contribution in [0.4, 0.5) is 5.69 Å². The van der Waals surface area contributed by atoms with E-state index in [0.717, 1.165) is 7.11 Å². The number of nitrogens with one attached hydrogen (secondary N) is 1. The van der Waals surface area contributed by atoms with Gasteiger partial charge in [0.15, 0.2) is 5.25 Å². The molecule has 1 rings (SSSR count). The van der Waals surface area contributed by atoms with Crippen molar-refractivity contribution in [3.8, 4) is 6.07 Å². The van der Waals surface area contributed by atoms with E-state index < -0.39 is 21.2 Å². The first-order valence-electron chi connectivity index (χ1n) is 5.11. The molecule has 0 aliphatic carbocycles. The van der Waals surface area contributed by atoms with Crippen molar-refractivity contribution in [2.75, 3.05) is 11.8 Å². The van der Waals surface area contributed by atoms with Gasteiger partial charge in [-0.25, -0.2) is 8.42 Å². The van der Waals surface area contributed by atoms with E-state index in [4.69, 9.17) is 5.26 Å². The second-order valence-corrected chi connectivity index (χ2v) is 6.53. The number of methoxy groups -OCH3 is 1. The molecule has 0 fully saturated rings. The van der Waals surface area contributed by atoms with E-state index in [1.165, 1.54) is 19.1 Å². The second kappa shape index (κ2) is 6.04. The molecule has 0 aromatic heterocycles. The van der Waals surface area contributed by atoms with E-state index >= 15 is 0 Å². The van der Waals surface area contributed by atoms with Crippen LogP contribution < -0.4 is 4.72 Å². The molecule has 1 aromatic rings. The molecule has 0 spiro atoms. The van der Waals surface area contributed by atoms with Crippen molar-refractivity contribution in [2.24, 2.45) is 0 Å². The summed E-state index contributed by atoms with van der Waals surface area (Å²) in [4.78, 5) is 11.2. The number of carbonyl (C=O) groups is 1. The molecule has 0 amide bonds. The van der Waals surface area contributed by atoms with Gasteiger partial charge in [-0.1, -0.05) is 15.9 Å². The Morgan fingerprint density at radius 1 is 1.53 bits per heavy atom. The number of rotatable bonds is 4. The number of halogens is 1. The van der Waals surface area contributed by atoms with E-state index in [-0.39, 0.29) is 11.3 Å². The van der Waals surface area contributed by atoms with E-state index in [9.17, 15) is 13.2 Å². The van der Waals surface area contributed by atoms with Crippen molar-refractivity contribution < 1.29 is 17.9 Å². The molecule has 0 saturated carbocycles. The number of ether oxygens (including phenoxy) is 1. The minimum Gasteiger partial charge on any atom is -0.468 e. The minimum atomic E-state index is -3.96. The van der Waals surface area contributed by atoms with Gasteiger partial charge in [0.1, 0.15) is 6.07 Å². The molecule has 6 nitrogen and oxygen atoms in total. The first-order valence-corrected chi connectivity index (χ1v) is 7.45. The van der Waals surface area contributed by atoms with Gasteiger partial charge in [0, 0.05) is 4.47 Å². The Morgan fingerprint density at radius 2 is 2.16 bits per heavy atom. The Morgan fingerprint density at radius 3 is 2.68 bits per heavy atom. The number of nitriles is 1. The third kappa shape index (κ3) is 3.68. The van der Waals surface area contributed by atoms with E-state index in [1.807, 2.05) is 6.07 Å². The number of hydrogen-bond donors (Lipinski definition) is 1. The average molecular weight is 347 g/mol. The topological polar surface area (TPSA) is 96.3 Å². The summed E-state index contributed by atoms with van der Waals surface area (Å²) in [6.45, 7) is 1.21. The Bertz CT molecular complexity index is 637. The van der Waals surface area contributed by atoms with Crippen molar-refractivity contribution in [2.45, 2.75) is 12.2 Å². The highest BCUT2D eigenvalue weighted by Crippen LogP contribution is 2.22. The van der Waals surface area contributed by atoms with Gasteiger partial charge in [0.05, 0.1) is 18.4 Å². The number of esters is 1. The quantitative estimate of drug-likeness (QED) is 0.835. The maximum absolute atomic E-state index is 11.9. The van der Waals surface area contributed by atoms with Gasteiger partial charge >= 0.3 is 5.97 Å². The van der Waals surface area contributed by atoms with E-state index in [1.54, 1.807) is 6.07 Å². The van der Waals surface area contributed by atoms with E-state index in [2.05, 4.69) is 25.4 Å². The number of benzene rings is 1. The maximum Gasteiger partial charge on any atom is 0.325 e. The third-order valence-electron chi connectivity index (χ3n) is 2.35. The van der Waals surface area contributed by atoms with Gasteiger partial charge in [-0.2, -0.15) is 5.26 Å². The molecule has 0 aliphatic heterocycles. The van der Waals surface area contributed by atoms with Gasteiger partial charge in [0.2, 0.25) is 10.0 Å². The fraction of sp³-hybridized carbons (Fsp3) is 0.273. The lowest BCUT2D eigenvalue weighted by Crippen LogP contribution is -2.33. The molecule has 0 aliphatic rings. The first kappa shape index (κ1) is 15.5. The molecule has 0 saturated heterocycles. The summed E-state index contributed by atoms with van der Waals surface area (Å²) < 4.78 is 31.1. The highest BCUT2D eigenvalue weighted by Gasteiger charge is 2.29. The summed E-state index contributed by atoms with van der Waals surface area (Å²) in [6, 6.07) is 6.36. The summed E-state index contributed by atoms with van der Waals surface area (Å²) in [5.74, 6) is -0.872. The summed E-state index contributed by atoms with van der Waals surface area (Å²) in [7, 11) is -2.86. The highest BCUT2D eigenvalue weighted by molar-refractivity contribution is 9.10. The molecule has 0 bridgehead atoms. The molecule has 1 atom stereocenters. The summed E-state index contributed by atoms with van der Waals surface area (Å²) >= 11 is 3.18. The van der Waals surface area contributed by atoms with E-state index in [0.29, 0.717) is 4.47 Å². The lowest BCUT2D eigenvalue weighted by molar-refractivity contribution is -0.139. The zero-order chi connectivity index (χ0) is 14.6. The summed E-state index contributed by atoms with van der Waals surface area (Å²) in [6.07, 6.45) is 0. The highest BCUT2D eigenvalue weighted by atomic mass is 79.9. The van der Waals surface area contributed by atoms with Gasteiger partial charge < -0.3 is 4.74 Å². The first-order chi connectivity index (χ1) is 8.81. The summed E-state index contributed by atoms with van der Waals surface area (Å²) in [5, 5.41) is 7.57. The van der Waals surface area contributed by atoms with Gasteiger partial charge in [0.25, 0.3) is 0 Å². The van der Waals surface area contributed by atoms with Crippen molar-refractivity contribution in [3.63, 3.8) is 0 Å². The molecule has 1 N–H and O–H groups in total. The molecule has 19 heavy (non-hydrogen) atoms. The molecule has 0 heterocycles. The van der Waals surface area contributed by atoms with Crippen LogP contribution in [0.25, 0.3) is 0 Å². The smallest absolute Gasteiger partial charge is 0.325 e. The zero-order valence-corrected chi connectivity index (χ0v) is 12.6.